The number of carbonyl (C=O) groups excluding carboxylic acids is 2. The van der Waals surface area contributed by atoms with Gasteiger partial charge in [-0.15, -0.1) is 0 Å². The fourth-order valence-electron chi connectivity index (χ4n) is 4.80. The second kappa shape index (κ2) is 10.7. The van der Waals surface area contributed by atoms with Crippen molar-refractivity contribution < 1.29 is 18.8 Å². The molecule has 3 aromatic heterocycles. The number of hydrogen-bond acceptors (Lipinski definition) is 6. The lowest BCUT2D eigenvalue weighted by Gasteiger charge is -2.26. The second-order valence-corrected chi connectivity index (χ2v) is 9.22. The zero-order chi connectivity index (χ0) is 24.9. The third-order valence-electron chi connectivity index (χ3n) is 6.78. The Morgan fingerprint density at radius 1 is 1.11 bits per heavy atom. The SMILES string of the molecule is Cc1cc[n+]([O-])c(C)c1-c1ccc(NC(=O)[C@@H](NC(=O)c2conc2C)C2CCCCCC2)nc1. The Bertz CT molecular complexity index is 1200. The molecular weight excluding hydrogens is 446 g/mol. The van der Waals surface area contributed by atoms with Crippen molar-refractivity contribution in [1.29, 1.82) is 0 Å². The third-order valence-corrected chi connectivity index (χ3v) is 6.78. The molecule has 0 bridgehead atoms. The molecule has 1 fully saturated rings. The molecule has 0 saturated heterocycles. The second-order valence-electron chi connectivity index (χ2n) is 9.22. The summed E-state index contributed by atoms with van der Waals surface area (Å²) in [5, 5.41) is 21.6. The predicted molar refractivity (Wildman–Crippen MR) is 130 cm³/mol. The van der Waals surface area contributed by atoms with Crippen LogP contribution >= 0.6 is 0 Å². The van der Waals surface area contributed by atoms with E-state index in [0.29, 0.717) is 22.8 Å². The van der Waals surface area contributed by atoms with Gasteiger partial charge in [-0.1, -0.05) is 30.8 Å². The summed E-state index contributed by atoms with van der Waals surface area (Å²) in [6, 6.07) is 4.61. The van der Waals surface area contributed by atoms with Crippen molar-refractivity contribution in [2.45, 2.75) is 65.3 Å². The lowest BCUT2D eigenvalue weighted by atomic mass is 9.91. The van der Waals surface area contributed by atoms with E-state index in [2.05, 4.69) is 20.8 Å². The van der Waals surface area contributed by atoms with E-state index in [1.807, 2.05) is 13.0 Å². The van der Waals surface area contributed by atoms with Gasteiger partial charge in [-0.2, -0.15) is 4.73 Å². The lowest BCUT2D eigenvalue weighted by Crippen LogP contribution is -2.48. The molecule has 2 amide bonds. The molecule has 9 nitrogen and oxygen atoms in total. The molecule has 1 saturated carbocycles. The summed E-state index contributed by atoms with van der Waals surface area (Å²) >= 11 is 0. The molecule has 9 heteroatoms. The largest absolute Gasteiger partial charge is 0.618 e. The third kappa shape index (κ3) is 5.50. The number of hydrogen-bond donors (Lipinski definition) is 2. The molecule has 1 aliphatic carbocycles. The number of nitrogens with zero attached hydrogens (tertiary/aromatic N) is 3. The predicted octanol–water partition coefficient (Wildman–Crippen LogP) is 4.00. The smallest absolute Gasteiger partial charge is 0.257 e. The Morgan fingerprint density at radius 3 is 2.49 bits per heavy atom. The van der Waals surface area contributed by atoms with E-state index >= 15 is 0 Å². The first-order valence-corrected chi connectivity index (χ1v) is 12.0. The van der Waals surface area contributed by atoms with Crippen LogP contribution in [0.4, 0.5) is 5.82 Å². The molecule has 0 spiro atoms. The number of pyridine rings is 2. The van der Waals surface area contributed by atoms with Gasteiger partial charge in [-0.05, 0) is 50.3 Å². The van der Waals surface area contributed by atoms with Gasteiger partial charge in [0.2, 0.25) is 5.91 Å². The van der Waals surface area contributed by atoms with Crippen LogP contribution in [0.15, 0.2) is 41.4 Å². The molecule has 3 heterocycles. The highest BCUT2D eigenvalue weighted by Crippen LogP contribution is 2.28. The monoisotopic (exact) mass is 477 g/mol. The zero-order valence-corrected chi connectivity index (χ0v) is 20.3. The first-order chi connectivity index (χ1) is 16.8. The zero-order valence-electron chi connectivity index (χ0n) is 20.3. The van der Waals surface area contributed by atoms with Gasteiger partial charge in [0.25, 0.3) is 5.91 Å². The molecule has 0 aliphatic heterocycles. The van der Waals surface area contributed by atoms with Crippen molar-refractivity contribution in [2.75, 3.05) is 5.32 Å². The molecule has 4 rings (SSSR count). The topological polar surface area (TPSA) is 124 Å². The van der Waals surface area contributed by atoms with Gasteiger partial charge in [0.05, 0.1) is 11.3 Å². The average molecular weight is 478 g/mol. The first-order valence-electron chi connectivity index (χ1n) is 12.0. The van der Waals surface area contributed by atoms with Crippen LogP contribution in [0, 0.1) is 31.9 Å². The summed E-state index contributed by atoms with van der Waals surface area (Å²) in [7, 11) is 0. The molecule has 3 aromatic rings. The van der Waals surface area contributed by atoms with Crippen LogP contribution in [0.1, 0.15) is 65.8 Å². The molecule has 35 heavy (non-hydrogen) atoms. The lowest BCUT2D eigenvalue weighted by molar-refractivity contribution is -0.611. The van der Waals surface area contributed by atoms with Gasteiger partial charge in [0, 0.05) is 24.8 Å². The summed E-state index contributed by atoms with van der Waals surface area (Å²) in [6.45, 7) is 5.40. The maximum atomic E-state index is 13.4. The fraction of sp³-hybridized carbons (Fsp3) is 0.423. The fourth-order valence-corrected chi connectivity index (χ4v) is 4.80. The van der Waals surface area contributed by atoms with Crippen LogP contribution in [0.25, 0.3) is 11.1 Å². The van der Waals surface area contributed by atoms with E-state index in [9.17, 15) is 14.8 Å². The maximum Gasteiger partial charge on any atom is 0.257 e. The number of aryl methyl sites for hydroxylation is 2. The molecule has 2 N–H and O–H groups in total. The first kappa shape index (κ1) is 24.4. The average Bonchev–Trinajstić information content (AvgIpc) is 3.10. The van der Waals surface area contributed by atoms with E-state index in [1.165, 1.54) is 12.5 Å². The number of anilines is 1. The van der Waals surface area contributed by atoms with Crippen LogP contribution in [0.5, 0.6) is 0 Å². The summed E-state index contributed by atoms with van der Waals surface area (Å²) < 4.78 is 5.73. The van der Waals surface area contributed by atoms with Crippen molar-refractivity contribution >= 4 is 17.6 Å². The molecule has 184 valence electrons. The molecule has 1 atom stereocenters. The number of amides is 2. The quantitative estimate of drug-likeness (QED) is 0.314. The van der Waals surface area contributed by atoms with E-state index in [-0.39, 0.29) is 17.7 Å². The van der Waals surface area contributed by atoms with Crippen LogP contribution in [-0.2, 0) is 4.79 Å². The van der Waals surface area contributed by atoms with Crippen LogP contribution in [-0.4, -0.2) is 28.0 Å². The van der Waals surface area contributed by atoms with Crippen LogP contribution < -0.4 is 15.4 Å². The Hall–Kier alpha value is -3.75. The van der Waals surface area contributed by atoms with Crippen molar-refractivity contribution in [1.82, 2.24) is 15.5 Å². The summed E-state index contributed by atoms with van der Waals surface area (Å²) in [6.07, 6.45) is 10.5. The molecule has 1 aliphatic rings. The van der Waals surface area contributed by atoms with E-state index in [1.54, 1.807) is 32.2 Å². The minimum Gasteiger partial charge on any atom is -0.618 e. The molecule has 0 aromatic carbocycles. The van der Waals surface area contributed by atoms with E-state index in [0.717, 1.165) is 59.9 Å². The van der Waals surface area contributed by atoms with Crippen LogP contribution in [0.2, 0.25) is 0 Å². The van der Waals surface area contributed by atoms with Gasteiger partial charge in [-0.25, -0.2) is 4.98 Å². The van der Waals surface area contributed by atoms with Crippen molar-refractivity contribution in [2.24, 2.45) is 5.92 Å². The summed E-state index contributed by atoms with van der Waals surface area (Å²) in [4.78, 5) is 30.7. The normalized spacial score (nSPS) is 15.3. The van der Waals surface area contributed by atoms with Crippen LogP contribution in [0.3, 0.4) is 0 Å². The van der Waals surface area contributed by atoms with Gasteiger partial charge in [0.1, 0.15) is 23.7 Å². The Balaban J connectivity index is 1.54. The molecule has 0 radical (unpaired) electrons. The van der Waals surface area contributed by atoms with Crippen molar-refractivity contribution in [3.8, 4) is 11.1 Å². The Labute approximate surface area is 204 Å². The highest BCUT2D eigenvalue weighted by Gasteiger charge is 2.31. The summed E-state index contributed by atoms with van der Waals surface area (Å²) in [5.41, 5.74) is 3.96. The van der Waals surface area contributed by atoms with E-state index < -0.39 is 6.04 Å². The number of carbonyl (C=O) groups is 2. The number of aromatic nitrogens is 3. The van der Waals surface area contributed by atoms with Gasteiger partial charge in [-0.3, -0.25) is 9.59 Å². The highest BCUT2D eigenvalue weighted by molar-refractivity contribution is 6.01. The number of nitrogens with one attached hydrogen (secondary N) is 2. The molecular formula is C26H31N5O4. The maximum absolute atomic E-state index is 13.4. The standard InChI is InChI=1S/C26H31N5O4/c1-16-12-13-31(34)18(3)23(16)20-10-11-22(27-14-20)28-26(33)24(19-8-6-4-5-7-9-19)29-25(32)21-15-35-30-17(21)2/h10-15,19,24H,4-9H2,1-3H3,(H,29,32)(H,27,28,33)/t24-/m0/s1. The van der Waals surface area contributed by atoms with Gasteiger partial charge in [0.15, 0.2) is 11.9 Å². The van der Waals surface area contributed by atoms with Crippen molar-refractivity contribution in [3.05, 3.63) is 64.6 Å². The van der Waals surface area contributed by atoms with Gasteiger partial charge >= 0.3 is 0 Å². The van der Waals surface area contributed by atoms with E-state index in [4.69, 9.17) is 4.52 Å². The number of rotatable bonds is 6. The minimum absolute atomic E-state index is 0.0306. The minimum atomic E-state index is -0.700. The Morgan fingerprint density at radius 2 is 1.86 bits per heavy atom. The molecule has 0 unspecified atom stereocenters. The van der Waals surface area contributed by atoms with Crippen molar-refractivity contribution in [3.63, 3.8) is 0 Å². The van der Waals surface area contributed by atoms with Gasteiger partial charge < -0.3 is 20.4 Å². The summed E-state index contributed by atoms with van der Waals surface area (Å²) in [5.74, 6) is -0.265. The Kier molecular flexibility index (Phi) is 7.43. The highest BCUT2D eigenvalue weighted by atomic mass is 16.5.